The van der Waals surface area contributed by atoms with Crippen molar-refractivity contribution in [1.29, 1.82) is 0 Å². The highest BCUT2D eigenvalue weighted by Gasteiger charge is 2.05. The molecule has 0 amide bonds. The van der Waals surface area contributed by atoms with Crippen LogP contribution in [0.1, 0.15) is 16.7 Å². The van der Waals surface area contributed by atoms with E-state index in [0.717, 1.165) is 32.5 Å². The molecular formula is C15H16ClNS. The van der Waals surface area contributed by atoms with Crippen LogP contribution in [0, 0.1) is 13.8 Å². The van der Waals surface area contributed by atoms with E-state index in [1.807, 2.05) is 32.0 Å². The van der Waals surface area contributed by atoms with Gasteiger partial charge in [-0.05, 0) is 42.7 Å². The number of nitrogen functional groups attached to an aromatic ring is 1. The summed E-state index contributed by atoms with van der Waals surface area (Å²) < 4.78 is 0. The van der Waals surface area contributed by atoms with Gasteiger partial charge < -0.3 is 5.73 Å². The molecule has 0 aromatic heterocycles. The van der Waals surface area contributed by atoms with Crippen molar-refractivity contribution in [1.82, 2.24) is 0 Å². The Morgan fingerprint density at radius 1 is 1.17 bits per heavy atom. The fourth-order valence-electron chi connectivity index (χ4n) is 1.70. The molecule has 1 nitrogen and oxygen atoms in total. The average Bonchev–Trinajstić information content (AvgIpc) is 2.33. The summed E-state index contributed by atoms with van der Waals surface area (Å²) in [6.45, 7) is 4.07. The van der Waals surface area contributed by atoms with Gasteiger partial charge in [-0.25, -0.2) is 0 Å². The van der Waals surface area contributed by atoms with Crippen LogP contribution in [0.3, 0.4) is 0 Å². The Kier molecular flexibility index (Phi) is 4.20. The fraction of sp³-hybridized carbons (Fsp3) is 0.200. The van der Waals surface area contributed by atoms with Crippen molar-refractivity contribution in [2.24, 2.45) is 0 Å². The predicted molar refractivity (Wildman–Crippen MR) is 81.3 cm³/mol. The molecule has 0 heterocycles. The van der Waals surface area contributed by atoms with Gasteiger partial charge in [0.25, 0.3) is 0 Å². The van der Waals surface area contributed by atoms with E-state index in [4.69, 9.17) is 17.3 Å². The SMILES string of the molecule is Cc1ccc(CSc2cccc(C)c2N)c(Cl)c1. The molecule has 2 aromatic rings. The molecule has 0 saturated heterocycles. The number of nitrogens with two attached hydrogens (primary N) is 1. The first-order valence-electron chi connectivity index (χ1n) is 5.81. The minimum Gasteiger partial charge on any atom is -0.398 e. The Morgan fingerprint density at radius 2 is 1.94 bits per heavy atom. The van der Waals surface area contributed by atoms with Gasteiger partial charge in [0.1, 0.15) is 0 Å². The van der Waals surface area contributed by atoms with E-state index in [-0.39, 0.29) is 0 Å². The van der Waals surface area contributed by atoms with Crippen molar-refractivity contribution in [3.8, 4) is 0 Å². The van der Waals surface area contributed by atoms with E-state index < -0.39 is 0 Å². The molecule has 2 aromatic carbocycles. The Morgan fingerprint density at radius 3 is 2.67 bits per heavy atom. The fourth-order valence-corrected chi connectivity index (χ4v) is 3.14. The maximum atomic E-state index is 6.22. The maximum Gasteiger partial charge on any atom is 0.0482 e. The van der Waals surface area contributed by atoms with E-state index in [2.05, 4.69) is 18.2 Å². The molecule has 0 atom stereocenters. The monoisotopic (exact) mass is 277 g/mol. The van der Waals surface area contributed by atoms with Crippen LogP contribution in [0.15, 0.2) is 41.3 Å². The van der Waals surface area contributed by atoms with Gasteiger partial charge in [0, 0.05) is 21.4 Å². The number of rotatable bonds is 3. The molecule has 2 rings (SSSR count). The molecule has 18 heavy (non-hydrogen) atoms. The smallest absolute Gasteiger partial charge is 0.0482 e. The summed E-state index contributed by atoms with van der Waals surface area (Å²) in [6, 6.07) is 12.3. The second-order valence-corrected chi connectivity index (χ2v) is 5.79. The van der Waals surface area contributed by atoms with Crippen molar-refractivity contribution in [3.05, 3.63) is 58.1 Å². The lowest BCUT2D eigenvalue weighted by Gasteiger charge is -2.09. The van der Waals surface area contributed by atoms with E-state index in [1.54, 1.807) is 11.8 Å². The number of hydrogen-bond acceptors (Lipinski definition) is 2. The standard InChI is InChI=1S/C15H16ClNS/c1-10-6-7-12(13(16)8-10)9-18-14-5-3-4-11(2)15(14)17/h3-8H,9,17H2,1-2H3. The maximum absolute atomic E-state index is 6.22. The second kappa shape index (κ2) is 5.68. The van der Waals surface area contributed by atoms with Crippen LogP contribution in [0.2, 0.25) is 5.02 Å². The molecule has 0 bridgehead atoms. The summed E-state index contributed by atoms with van der Waals surface area (Å²) in [4.78, 5) is 1.12. The van der Waals surface area contributed by atoms with Gasteiger partial charge in [-0.15, -0.1) is 11.8 Å². The lowest BCUT2D eigenvalue weighted by atomic mass is 10.2. The zero-order valence-electron chi connectivity index (χ0n) is 10.5. The zero-order valence-corrected chi connectivity index (χ0v) is 12.1. The van der Waals surface area contributed by atoms with Gasteiger partial charge in [0.05, 0.1) is 0 Å². The van der Waals surface area contributed by atoms with Crippen molar-refractivity contribution in [2.75, 3.05) is 5.73 Å². The third-order valence-electron chi connectivity index (χ3n) is 2.88. The number of anilines is 1. The Hall–Kier alpha value is -1.12. The third kappa shape index (κ3) is 3.01. The van der Waals surface area contributed by atoms with Gasteiger partial charge in [-0.3, -0.25) is 0 Å². The molecule has 0 saturated carbocycles. The second-order valence-electron chi connectivity index (χ2n) is 4.37. The predicted octanol–water partition coefficient (Wildman–Crippen LogP) is 4.83. The topological polar surface area (TPSA) is 26.0 Å². The molecule has 94 valence electrons. The first-order valence-corrected chi connectivity index (χ1v) is 7.17. The van der Waals surface area contributed by atoms with Crippen molar-refractivity contribution in [2.45, 2.75) is 24.5 Å². The highest BCUT2D eigenvalue weighted by atomic mass is 35.5. The summed E-state index contributed by atoms with van der Waals surface area (Å²) in [5, 5.41) is 0.828. The number of halogens is 1. The number of hydrogen-bond donors (Lipinski definition) is 1. The van der Waals surface area contributed by atoms with Crippen molar-refractivity contribution in [3.63, 3.8) is 0 Å². The number of benzene rings is 2. The van der Waals surface area contributed by atoms with Gasteiger partial charge in [0.2, 0.25) is 0 Å². The van der Waals surface area contributed by atoms with Gasteiger partial charge in [0.15, 0.2) is 0 Å². The molecule has 0 spiro atoms. The summed E-state index contributed by atoms with van der Waals surface area (Å²) in [7, 11) is 0. The quantitative estimate of drug-likeness (QED) is 0.642. The van der Waals surface area contributed by atoms with Crippen LogP contribution in [0.25, 0.3) is 0 Å². The molecule has 0 aliphatic rings. The molecule has 3 heteroatoms. The summed E-state index contributed by atoms with van der Waals surface area (Å²) in [6.07, 6.45) is 0. The molecule has 0 unspecified atom stereocenters. The summed E-state index contributed by atoms with van der Waals surface area (Å²) in [5.74, 6) is 0.840. The lowest BCUT2D eigenvalue weighted by Crippen LogP contribution is -1.92. The molecule has 0 radical (unpaired) electrons. The highest BCUT2D eigenvalue weighted by Crippen LogP contribution is 2.32. The van der Waals surface area contributed by atoms with E-state index >= 15 is 0 Å². The Balaban J connectivity index is 2.14. The van der Waals surface area contributed by atoms with Crippen LogP contribution < -0.4 is 5.73 Å². The molecule has 0 aliphatic carbocycles. The normalized spacial score (nSPS) is 10.6. The van der Waals surface area contributed by atoms with Gasteiger partial charge in [-0.2, -0.15) is 0 Å². The highest BCUT2D eigenvalue weighted by molar-refractivity contribution is 7.98. The van der Waals surface area contributed by atoms with Crippen LogP contribution in [-0.4, -0.2) is 0 Å². The van der Waals surface area contributed by atoms with Crippen LogP contribution in [-0.2, 0) is 5.75 Å². The summed E-state index contributed by atoms with van der Waals surface area (Å²) >= 11 is 7.95. The van der Waals surface area contributed by atoms with E-state index in [1.165, 1.54) is 5.56 Å². The Labute approximate surface area is 117 Å². The Bertz CT molecular complexity index is 566. The largest absolute Gasteiger partial charge is 0.398 e. The van der Waals surface area contributed by atoms with E-state index in [0.29, 0.717) is 0 Å². The minimum atomic E-state index is 0.828. The zero-order chi connectivity index (χ0) is 13.1. The number of aryl methyl sites for hydroxylation is 2. The number of thioether (sulfide) groups is 1. The van der Waals surface area contributed by atoms with Crippen LogP contribution in [0.5, 0.6) is 0 Å². The molecule has 0 fully saturated rings. The van der Waals surface area contributed by atoms with Crippen LogP contribution >= 0.6 is 23.4 Å². The summed E-state index contributed by atoms with van der Waals surface area (Å²) in [5.41, 5.74) is 10.4. The van der Waals surface area contributed by atoms with Gasteiger partial charge in [-0.1, -0.05) is 35.9 Å². The minimum absolute atomic E-state index is 0.828. The van der Waals surface area contributed by atoms with E-state index in [9.17, 15) is 0 Å². The van der Waals surface area contributed by atoms with Crippen molar-refractivity contribution < 1.29 is 0 Å². The molecular weight excluding hydrogens is 262 g/mol. The molecule has 2 N–H and O–H groups in total. The van der Waals surface area contributed by atoms with Crippen LogP contribution in [0.4, 0.5) is 5.69 Å². The first kappa shape index (κ1) is 13.3. The van der Waals surface area contributed by atoms with Gasteiger partial charge >= 0.3 is 0 Å². The average molecular weight is 278 g/mol. The third-order valence-corrected chi connectivity index (χ3v) is 4.35. The lowest BCUT2D eigenvalue weighted by molar-refractivity contribution is 1.33. The molecule has 0 aliphatic heterocycles. The first-order chi connectivity index (χ1) is 8.58. The van der Waals surface area contributed by atoms with Crippen molar-refractivity contribution >= 4 is 29.1 Å². The number of para-hydroxylation sites is 1.